The van der Waals surface area contributed by atoms with Crippen molar-refractivity contribution in [2.45, 2.75) is 19.2 Å². The third-order valence-corrected chi connectivity index (χ3v) is 3.28. The number of nitrogens with one attached hydrogen (secondary N) is 1. The second-order valence-corrected chi connectivity index (χ2v) is 5.22. The fourth-order valence-electron chi connectivity index (χ4n) is 1.97. The summed E-state index contributed by atoms with van der Waals surface area (Å²) in [5.41, 5.74) is 4.56. The molecular weight excluding hydrogens is 337 g/mol. The van der Waals surface area contributed by atoms with Gasteiger partial charge in [-0.1, -0.05) is 6.07 Å². The van der Waals surface area contributed by atoms with Crippen LogP contribution in [-0.2, 0) is 11.0 Å². The van der Waals surface area contributed by atoms with Gasteiger partial charge in [-0.15, -0.1) is 0 Å². The van der Waals surface area contributed by atoms with Crippen LogP contribution in [0.25, 0.3) is 0 Å². The maximum absolute atomic E-state index is 12.7. The van der Waals surface area contributed by atoms with Crippen LogP contribution in [0.15, 0.2) is 48.5 Å². The van der Waals surface area contributed by atoms with Crippen LogP contribution in [0.4, 0.5) is 18.9 Å². The molecule has 132 valence electrons. The lowest BCUT2D eigenvalue weighted by Crippen LogP contribution is -2.30. The highest BCUT2D eigenvalue weighted by Gasteiger charge is 2.30. The van der Waals surface area contributed by atoms with E-state index in [4.69, 9.17) is 10.5 Å². The van der Waals surface area contributed by atoms with Crippen LogP contribution in [0.3, 0.4) is 0 Å². The first-order valence-corrected chi connectivity index (χ1v) is 7.21. The van der Waals surface area contributed by atoms with Crippen LogP contribution < -0.4 is 15.8 Å². The van der Waals surface area contributed by atoms with E-state index in [1.807, 2.05) is 0 Å². The molecule has 0 aliphatic carbocycles. The van der Waals surface area contributed by atoms with E-state index in [1.165, 1.54) is 43.3 Å². The minimum atomic E-state index is -4.50. The number of primary amides is 1. The minimum Gasteiger partial charge on any atom is -0.481 e. The number of amides is 2. The number of nitrogens with two attached hydrogens (primary N) is 1. The summed E-state index contributed by atoms with van der Waals surface area (Å²) in [6, 6.07) is 10.1. The van der Waals surface area contributed by atoms with Crippen molar-refractivity contribution in [1.29, 1.82) is 0 Å². The van der Waals surface area contributed by atoms with Gasteiger partial charge in [0.2, 0.25) is 5.91 Å². The fraction of sp³-hybridized carbons (Fsp3) is 0.176. The Hall–Kier alpha value is -3.03. The first-order chi connectivity index (χ1) is 11.7. The topological polar surface area (TPSA) is 81.4 Å². The largest absolute Gasteiger partial charge is 0.481 e. The Morgan fingerprint density at radius 2 is 1.76 bits per heavy atom. The molecule has 0 aliphatic rings. The molecule has 0 saturated carbocycles. The highest BCUT2D eigenvalue weighted by atomic mass is 19.4. The predicted octanol–water partition coefficient (Wildman–Crippen LogP) is 3.21. The Labute approximate surface area is 141 Å². The highest BCUT2D eigenvalue weighted by molar-refractivity contribution is 5.94. The summed E-state index contributed by atoms with van der Waals surface area (Å²) in [5, 5.41) is 2.37. The van der Waals surface area contributed by atoms with Crippen LogP contribution >= 0.6 is 0 Å². The molecule has 8 heteroatoms. The summed E-state index contributed by atoms with van der Waals surface area (Å²) in [7, 11) is 0. The van der Waals surface area contributed by atoms with Gasteiger partial charge in [-0.2, -0.15) is 13.2 Å². The van der Waals surface area contributed by atoms with Crippen molar-refractivity contribution in [1.82, 2.24) is 0 Å². The fourth-order valence-corrected chi connectivity index (χ4v) is 1.97. The van der Waals surface area contributed by atoms with Gasteiger partial charge in [0, 0.05) is 11.3 Å². The Morgan fingerprint density at radius 3 is 2.32 bits per heavy atom. The standard InChI is InChI=1S/C17H15F3N2O3/c1-10(25-14-7-5-11(6-8-14)15(21)23)16(24)22-13-4-2-3-12(9-13)17(18,19)20/h2-10H,1H3,(H2,21,23)(H,22,24)/t10-/m1/s1. The van der Waals surface area contributed by atoms with Crippen molar-refractivity contribution < 1.29 is 27.5 Å². The third kappa shape index (κ3) is 4.97. The number of hydrogen-bond acceptors (Lipinski definition) is 3. The molecule has 0 aromatic heterocycles. The first-order valence-electron chi connectivity index (χ1n) is 7.21. The molecule has 3 N–H and O–H groups in total. The molecule has 0 unspecified atom stereocenters. The molecule has 0 radical (unpaired) electrons. The molecule has 2 amide bonds. The zero-order valence-corrected chi connectivity index (χ0v) is 13.1. The Morgan fingerprint density at radius 1 is 1.12 bits per heavy atom. The van der Waals surface area contributed by atoms with Gasteiger partial charge in [0.1, 0.15) is 5.75 Å². The molecule has 1 atom stereocenters. The number of rotatable bonds is 5. The van der Waals surface area contributed by atoms with E-state index in [0.29, 0.717) is 5.75 Å². The monoisotopic (exact) mass is 352 g/mol. The third-order valence-electron chi connectivity index (χ3n) is 3.28. The van der Waals surface area contributed by atoms with E-state index < -0.39 is 29.7 Å². The summed E-state index contributed by atoms with van der Waals surface area (Å²) in [5.74, 6) is -0.892. The molecule has 2 aromatic carbocycles. The molecule has 5 nitrogen and oxygen atoms in total. The highest BCUT2D eigenvalue weighted by Crippen LogP contribution is 2.30. The van der Waals surface area contributed by atoms with Crippen LogP contribution in [0.5, 0.6) is 5.75 Å². The van der Waals surface area contributed by atoms with Crippen molar-refractivity contribution in [2.24, 2.45) is 5.73 Å². The van der Waals surface area contributed by atoms with Crippen LogP contribution in [-0.4, -0.2) is 17.9 Å². The maximum Gasteiger partial charge on any atom is 0.416 e. The van der Waals surface area contributed by atoms with Gasteiger partial charge in [-0.25, -0.2) is 0 Å². The number of hydrogen-bond donors (Lipinski definition) is 2. The van der Waals surface area contributed by atoms with Gasteiger partial charge < -0.3 is 15.8 Å². The SMILES string of the molecule is C[C@@H](Oc1ccc(C(N)=O)cc1)C(=O)Nc1cccc(C(F)(F)F)c1. The Kier molecular flexibility index (Phi) is 5.31. The first kappa shape index (κ1) is 18.3. The average molecular weight is 352 g/mol. The molecule has 0 fully saturated rings. The lowest BCUT2D eigenvalue weighted by Gasteiger charge is -2.15. The molecule has 0 aliphatic heterocycles. The van der Waals surface area contributed by atoms with Gasteiger partial charge in [0.05, 0.1) is 5.56 Å². The second-order valence-electron chi connectivity index (χ2n) is 5.22. The summed E-state index contributed by atoms with van der Waals surface area (Å²) in [4.78, 5) is 23.0. The van der Waals surface area contributed by atoms with Crippen molar-refractivity contribution in [3.8, 4) is 5.75 Å². The normalized spacial score (nSPS) is 12.3. The summed E-state index contributed by atoms with van der Waals surface area (Å²) in [6.45, 7) is 1.45. The van der Waals surface area contributed by atoms with Crippen molar-refractivity contribution in [2.75, 3.05) is 5.32 Å². The zero-order valence-electron chi connectivity index (χ0n) is 13.1. The van der Waals surface area contributed by atoms with E-state index >= 15 is 0 Å². The molecular formula is C17H15F3N2O3. The quantitative estimate of drug-likeness (QED) is 0.867. The lowest BCUT2D eigenvalue weighted by atomic mass is 10.2. The smallest absolute Gasteiger partial charge is 0.416 e. The van der Waals surface area contributed by atoms with E-state index in [-0.39, 0.29) is 11.3 Å². The van der Waals surface area contributed by atoms with Crippen molar-refractivity contribution in [3.05, 3.63) is 59.7 Å². The molecule has 0 bridgehead atoms. The molecule has 2 aromatic rings. The second kappa shape index (κ2) is 7.25. The van der Waals surface area contributed by atoms with Gasteiger partial charge in [-0.05, 0) is 49.4 Å². The molecule has 0 saturated heterocycles. The molecule has 2 rings (SSSR count). The summed E-state index contributed by atoms with van der Waals surface area (Å²) < 4.78 is 43.4. The predicted molar refractivity (Wildman–Crippen MR) is 85.1 cm³/mol. The van der Waals surface area contributed by atoms with Gasteiger partial charge in [0.15, 0.2) is 6.10 Å². The number of ether oxygens (including phenoxy) is 1. The molecule has 25 heavy (non-hydrogen) atoms. The number of anilines is 1. The van der Waals surface area contributed by atoms with Gasteiger partial charge >= 0.3 is 6.18 Å². The molecule has 0 spiro atoms. The average Bonchev–Trinajstić information content (AvgIpc) is 2.54. The Bertz CT molecular complexity index is 773. The number of carbonyl (C=O) groups excluding carboxylic acids is 2. The van der Waals surface area contributed by atoms with E-state index in [0.717, 1.165) is 12.1 Å². The van der Waals surface area contributed by atoms with Crippen LogP contribution in [0, 0.1) is 0 Å². The molecule has 0 heterocycles. The maximum atomic E-state index is 12.7. The Balaban J connectivity index is 2.02. The van der Waals surface area contributed by atoms with Gasteiger partial charge in [-0.3, -0.25) is 9.59 Å². The number of carbonyl (C=O) groups is 2. The van der Waals surface area contributed by atoms with E-state index in [9.17, 15) is 22.8 Å². The summed E-state index contributed by atoms with van der Waals surface area (Å²) >= 11 is 0. The minimum absolute atomic E-state index is 0.0133. The van der Waals surface area contributed by atoms with Crippen LogP contribution in [0.1, 0.15) is 22.8 Å². The number of benzene rings is 2. The number of alkyl halides is 3. The van der Waals surface area contributed by atoms with E-state index in [1.54, 1.807) is 0 Å². The van der Waals surface area contributed by atoms with Crippen molar-refractivity contribution in [3.63, 3.8) is 0 Å². The summed E-state index contributed by atoms with van der Waals surface area (Å²) in [6.07, 6.45) is -5.46. The van der Waals surface area contributed by atoms with Crippen LogP contribution in [0.2, 0.25) is 0 Å². The van der Waals surface area contributed by atoms with Crippen molar-refractivity contribution >= 4 is 17.5 Å². The van der Waals surface area contributed by atoms with E-state index in [2.05, 4.69) is 5.32 Å². The lowest BCUT2D eigenvalue weighted by molar-refractivity contribution is -0.137. The van der Waals surface area contributed by atoms with Gasteiger partial charge in [0.25, 0.3) is 5.91 Å². The number of halogens is 3. The zero-order chi connectivity index (χ0) is 18.6.